The van der Waals surface area contributed by atoms with E-state index in [0.717, 1.165) is 4.90 Å². The summed E-state index contributed by atoms with van der Waals surface area (Å²) in [5, 5.41) is 9.46. The van der Waals surface area contributed by atoms with Crippen molar-refractivity contribution in [2.75, 3.05) is 13.6 Å². The molecule has 1 atom stereocenters. The molecule has 0 bridgehead atoms. The Balaban J connectivity index is 3.02. The smallest absolute Gasteiger partial charge is 0.393 e. The first-order valence-electron chi connectivity index (χ1n) is 6.59. The Labute approximate surface area is 132 Å². The zero-order valence-corrected chi connectivity index (χ0v) is 12.9. The van der Waals surface area contributed by atoms with Crippen LogP contribution in [0.1, 0.15) is 18.9 Å². The predicted octanol–water partition coefficient (Wildman–Crippen LogP) is 3.52. The van der Waals surface area contributed by atoms with Gasteiger partial charge in [-0.1, -0.05) is 23.7 Å². The highest BCUT2D eigenvalue weighted by atomic mass is 35.5. The number of rotatable bonds is 5. The van der Waals surface area contributed by atoms with Gasteiger partial charge in [-0.3, -0.25) is 4.79 Å². The maximum Gasteiger partial charge on any atom is 0.417 e. The monoisotopic (exact) mass is 335 g/mol. The second-order valence-electron chi connectivity index (χ2n) is 4.96. The summed E-state index contributed by atoms with van der Waals surface area (Å²) in [6.45, 7) is 1.71. The average molecular weight is 336 g/mol. The van der Waals surface area contributed by atoms with Gasteiger partial charge in [0.1, 0.15) is 0 Å². The van der Waals surface area contributed by atoms with Crippen molar-refractivity contribution in [3.63, 3.8) is 0 Å². The SMILES string of the molecule is CC(O)CCN(C)C(=O)/C=C(/c1ccc(Cl)cc1)C(F)(F)F. The fraction of sp³-hybridized carbons (Fsp3) is 0.400. The lowest BCUT2D eigenvalue weighted by molar-refractivity contribution is -0.125. The molecule has 7 heteroatoms. The van der Waals surface area contributed by atoms with Crippen LogP contribution < -0.4 is 0 Å². The molecule has 0 aliphatic heterocycles. The van der Waals surface area contributed by atoms with Crippen LogP contribution in [0.4, 0.5) is 13.2 Å². The maximum absolute atomic E-state index is 13.1. The number of hydrogen-bond acceptors (Lipinski definition) is 2. The molecule has 1 aromatic carbocycles. The number of nitrogens with zero attached hydrogens (tertiary/aromatic N) is 1. The normalized spacial score (nSPS) is 13.9. The molecule has 0 aromatic heterocycles. The van der Waals surface area contributed by atoms with Gasteiger partial charge in [-0.25, -0.2) is 0 Å². The van der Waals surface area contributed by atoms with Gasteiger partial charge in [0.2, 0.25) is 5.91 Å². The van der Waals surface area contributed by atoms with E-state index < -0.39 is 23.8 Å². The number of carbonyl (C=O) groups excluding carboxylic acids is 1. The first-order chi connectivity index (χ1) is 10.1. The van der Waals surface area contributed by atoms with Gasteiger partial charge < -0.3 is 10.0 Å². The summed E-state index contributed by atoms with van der Waals surface area (Å²) in [6.07, 6.45) is -4.43. The molecule has 0 aliphatic rings. The molecule has 1 aromatic rings. The summed E-state index contributed by atoms with van der Waals surface area (Å²) in [5.74, 6) is -0.775. The molecule has 122 valence electrons. The molecule has 0 saturated heterocycles. The van der Waals surface area contributed by atoms with Crippen LogP contribution >= 0.6 is 11.6 Å². The van der Waals surface area contributed by atoms with Gasteiger partial charge in [-0.15, -0.1) is 0 Å². The van der Waals surface area contributed by atoms with Crippen molar-refractivity contribution in [1.82, 2.24) is 4.90 Å². The van der Waals surface area contributed by atoms with Crippen LogP contribution in [0.5, 0.6) is 0 Å². The number of carbonyl (C=O) groups is 1. The summed E-state index contributed by atoms with van der Waals surface area (Å²) in [5.41, 5.74) is -1.16. The number of amides is 1. The number of hydrogen-bond donors (Lipinski definition) is 1. The number of aliphatic hydroxyl groups excluding tert-OH is 1. The van der Waals surface area contributed by atoms with E-state index in [1.54, 1.807) is 6.92 Å². The van der Waals surface area contributed by atoms with E-state index in [4.69, 9.17) is 16.7 Å². The third-order valence-electron chi connectivity index (χ3n) is 2.99. The van der Waals surface area contributed by atoms with Crippen LogP contribution in [-0.2, 0) is 4.79 Å². The Kier molecular flexibility index (Phi) is 6.44. The molecular weight excluding hydrogens is 319 g/mol. The third kappa shape index (κ3) is 5.69. The second-order valence-corrected chi connectivity index (χ2v) is 5.40. The van der Waals surface area contributed by atoms with Crippen LogP contribution in [0.2, 0.25) is 5.02 Å². The molecule has 0 heterocycles. The first-order valence-corrected chi connectivity index (χ1v) is 6.97. The predicted molar refractivity (Wildman–Crippen MR) is 79.4 cm³/mol. The minimum absolute atomic E-state index is 0.130. The number of benzene rings is 1. The largest absolute Gasteiger partial charge is 0.417 e. The molecule has 0 fully saturated rings. The van der Waals surface area contributed by atoms with Gasteiger partial charge in [0.25, 0.3) is 0 Å². The lowest BCUT2D eigenvalue weighted by Crippen LogP contribution is -2.29. The lowest BCUT2D eigenvalue weighted by Gasteiger charge is -2.18. The molecular formula is C15H17ClF3NO2. The summed E-state index contributed by atoms with van der Waals surface area (Å²) in [4.78, 5) is 13.0. The topological polar surface area (TPSA) is 40.5 Å². The lowest BCUT2D eigenvalue weighted by atomic mass is 10.0. The molecule has 3 nitrogen and oxygen atoms in total. The maximum atomic E-state index is 13.1. The van der Waals surface area contributed by atoms with Crippen LogP contribution in [0, 0.1) is 0 Å². The van der Waals surface area contributed by atoms with Crippen molar-refractivity contribution < 1.29 is 23.1 Å². The van der Waals surface area contributed by atoms with Gasteiger partial charge in [0.05, 0.1) is 11.7 Å². The van der Waals surface area contributed by atoms with E-state index in [2.05, 4.69) is 0 Å². The Morgan fingerprint density at radius 1 is 1.36 bits per heavy atom. The zero-order chi connectivity index (χ0) is 16.9. The molecule has 0 saturated carbocycles. The molecule has 0 aliphatic carbocycles. The molecule has 1 unspecified atom stereocenters. The van der Waals surface area contributed by atoms with Gasteiger partial charge in [-0.05, 0) is 31.0 Å². The average Bonchev–Trinajstić information content (AvgIpc) is 2.41. The summed E-state index contributed by atoms with van der Waals surface area (Å²) in [7, 11) is 1.39. The summed E-state index contributed by atoms with van der Waals surface area (Å²) in [6, 6.07) is 5.09. The Bertz CT molecular complexity index is 539. The van der Waals surface area contributed by atoms with E-state index in [0.29, 0.717) is 17.5 Å². The minimum Gasteiger partial charge on any atom is -0.393 e. The van der Waals surface area contributed by atoms with Crippen molar-refractivity contribution >= 4 is 23.1 Å². The number of aliphatic hydroxyl groups is 1. The number of alkyl halides is 3. The fourth-order valence-electron chi connectivity index (χ4n) is 1.68. The highest BCUT2D eigenvalue weighted by Crippen LogP contribution is 2.34. The molecule has 1 N–H and O–H groups in total. The van der Waals surface area contributed by atoms with Gasteiger partial charge in [0, 0.05) is 24.7 Å². The number of allylic oxidation sites excluding steroid dienone is 1. The van der Waals surface area contributed by atoms with E-state index in [1.165, 1.54) is 31.3 Å². The van der Waals surface area contributed by atoms with Crippen molar-refractivity contribution in [2.45, 2.75) is 25.6 Å². The van der Waals surface area contributed by atoms with Crippen molar-refractivity contribution in [3.8, 4) is 0 Å². The Hall–Kier alpha value is -1.53. The fourth-order valence-corrected chi connectivity index (χ4v) is 1.81. The highest BCUT2D eigenvalue weighted by Gasteiger charge is 2.35. The second kappa shape index (κ2) is 7.65. The van der Waals surface area contributed by atoms with Gasteiger partial charge in [-0.2, -0.15) is 13.2 Å². The molecule has 0 radical (unpaired) electrons. The van der Waals surface area contributed by atoms with Gasteiger partial charge in [0.15, 0.2) is 0 Å². The number of likely N-dealkylation sites (N-methyl/N-ethyl adjacent to an activating group) is 1. The number of halogens is 4. The third-order valence-corrected chi connectivity index (χ3v) is 3.24. The van der Waals surface area contributed by atoms with Crippen molar-refractivity contribution in [3.05, 3.63) is 40.9 Å². The highest BCUT2D eigenvalue weighted by molar-refractivity contribution is 6.30. The van der Waals surface area contributed by atoms with E-state index in [-0.39, 0.29) is 12.1 Å². The molecule has 1 rings (SSSR count). The zero-order valence-electron chi connectivity index (χ0n) is 12.2. The quantitative estimate of drug-likeness (QED) is 0.836. The van der Waals surface area contributed by atoms with Crippen molar-refractivity contribution in [1.29, 1.82) is 0 Å². The first kappa shape index (κ1) is 18.5. The van der Waals surface area contributed by atoms with Crippen LogP contribution in [0.3, 0.4) is 0 Å². The Morgan fingerprint density at radius 3 is 2.36 bits per heavy atom. The van der Waals surface area contributed by atoms with E-state index >= 15 is 0 Å². The molecule has 22 heavy (non-hydrogen) atoms. The van der Waals surface area contributed by atoms with Crippen molar-refractivity contribution in [2.24, 2.45) is 0 Å². The van der Waals surface area contributed by atoms with E-state index in [9.17, 15) is 18.0 Å². The molecule has 0 spiro atoms. The van der Waals surface area contributed by atoms with Gasteiger partial charge >= 0.3 is 6.18 Å². The van der Waals surface area contributed by atoms with Crippen LogP contribution in [-0.4, -0.2) is 41.8 Å². The van der Waals surface area contributed by atoms with Crippen LogP contribution in [0.25, 0.3) is 5.57 Å². The van der Waals surface area contributed by atoms with Crippen LogP contribution in [0.15, 0.2) is 30.3 Å². The minimum atomic E-state index is -4.66. The molecule has 1 amide bonds. The summed E-state index contributed by atoms with van der Waals surface area (Å²) < 4.78 is 39.4. The Morgan fingerprint density at radius 2 is 1.91 bits per heavy atom. The standard InChI is InChI=1S/C15H17ClF3NO2/c1-10(21)7-8-20(2)14(22)9-13(15(17,18)19)11-3-5-12(16)6-4-11/h3-6,9-10,21H,7-8H2,1-2H3/b13-9-. The van der Waals surface area contributed by atoms with E-state index in [1.807, 2.05) is 0 Å². The summed E-state index contributed by atoms with van der Waals surface area (Å²) >= 11 is 5.66.